The summed E-state index contributed by atoms with van der Waals surface area (Å²) in [5.41, 5.74) is 1.62. The average Bonchev–Trinajstić information content (AvgIpc) is 3.69. The van der Waals surface area contributed by atoms with Crippen molar-refractivity contribution in [2.45, 2.75) is 31.9 Å². The van der Waals surface area contributed by atoms with Crippen molar-refractivity contribution in [3.63, 3.8) is 0 Å². The maximum Gasteiger partial charge on any atom is 0.290 e. The maximum atomic E-state index is 15.0. The Morgan fingerprint density at radius 1 is 1.16 bits per heavy atom. The van der Waals surface area contributed by atoms with Crippen LogP contribution in [-0.2, 0) is 9.59 Å². The second-order valence-corrected chi connectivity index (χ2v) is 11.8. The normalized spacial score (nSPS) is 18.7. The van der Waals surface area contributed by atoms with E-state index < -0.39 is 29.9 Å². The number of halogens is 2. The van der Waals surface area contributed by atoms with Gasteiger partial charge in [-0.25, -0.2) is 14.4 Å². The first kappa shape index (κ1) is 34.7. The van der Waals surface area contributed by atoms with E-state index in [4.69, 9.17) is 19.9 Å². The monoisotopic (exact) mass is 676 g/mol. The number of imidazole rings is 1. The van der Waals surface area contributed by atoms with Crippen LogP contribution < -0.4 is 15.4 Å². The van der Waals surface area contributed by atoms with Crippen LogP contribution in [0.25, 0.3) is 16.9 Å². The molecule has 0 aliphatic carbocycles. The van der Waals surface area contributed by atoms with Crippen LogP contribution in [-0.4, -0.2) is 104 Å². The van der Waals surface area contributed by atoms with Gasteiger partial charge >= 0.3 is 0 Å². The lowest BCUT2D eigenvalue weighted by molar-refractivity contribution is -0.135. The molecule has 14 nitrogen and oxygen atoms in total. The summed E-state index contributed by atoms with van der Waals surface area (Å²) in [4.78, 5) is 46.9. The number of anilines is 2. The van der Waals surface area contributed by atoms with Crippen LogP contribution in [0, 0.1) is 29.9 Å². The van der Waals surface area contributed by atoms with Crippen molar-refractivity contribution >= 4 is 35.4 Å². The molecule has 6 rings (SSSR count). The van der Waals surface area contributed by atoms with Crippen LogP contribution in [0.4, 0.5) is 20.3 Å². The Bertz CT molecular complexity index is 1920. The van der Waals surface area contributed by atoms with Gasteiger partial charge in [-0.3, -0.25) is 18.8 Å². The first-order valence-corrected chi connectivity index (χ1v) is 15.3. The molecule has 2 aromatic carbocycles. The van der Waals surface area contributed by atoms with Crippen LogP contribution >= 0.6 is 0 Å². The van der Waals surface area contributed by atoms with Gasteiger partial charge in [-0.05, 0) is 49.7 Å². The second-order valence-electron chi connectivity index (χ2n) is 11.8. The minimum absolute atomic E-state index is 0.0429. The fraction of sp³-hybridized carbons (Fsp3) is 0.333. The average molecular weight is 677 g/mol. The Morgan fingerprint density at radius 2 is 1.88 bits per heavy atom. The number of aryl methyl sites for hydroxylation is 1. The summed E-state index contributed by atoms with van der Waals surface area (Å²) in [6.45, 7) is 4.90. The largest absolute Gasteiger partial charge is 0.483 e. The number of β-amino-alcohol motifs (C(OH)–C–C–N with tert-alkyl or cyclic N) is 1. The molecule has 0 radical (unpaired) electrons. The molecule has 0 bridgehead atoms. The molecule has 4 N–H and O–H groups in total. The third-order valence-corrected chi connectivity index (χ3v) is 8.31. The van der Waals surface area contributed by atoms with Crippen molar-refractivity contribution < 1.29 is 38.1 Å². The van der Waals surface area contributed by atoms with E-state index in [1.165, 1.54) is 24.5 Å². The molecule has 49 heavy (non-hydrogen) atoms. The molecule has 2 aliphatic rings. The van der Waals surface area contributed by atoms with Crippen molar-refractivity contribution in [2.75, 3.05) is 44.6 Å². The van der Waals surface area contributed by atoms with Crippen molar-refractivity contribution in [1.29, 1.82) is 5.26 Å². The standard InChI is InChI=1S/C32H32F2N8O4.CH2O2/c1-19-15-20(3-4-21(19)30(43)40-10-12-41(13-11-40)31(44)23-16-32(2,45)18-38-23)39-28-29-37-17-24(42(29)9-8-36-28)22-5-6-25(46-14-7-35)27(34)26(22)33;2-1-3/h3-6,8-9,15,17,23,38,45H,10-14,16,18H2,1-2H3,(H,36,39);1H,(H,2,3)/t23-,32-;/m0./s1. The number of aliphatic hydroxyl groups is 1. The number of piperazine rings is 1. The van der Waals surface area contributed by atoms with Crippen LogP contribution in [0.1, 0.15) is 29.3 Å². The van der Waals surface area contributed by atoms with E-state index in [2.05, 4.69) is 20.6 Å². The van der Waals surface area contributed by atoms with Gasteiger partial charge < -0.3 is 35.4 Å². The lowest BCUT2D eigenvalue weighted by Crippen LogP contribution is -2.54. The predicted molar refractivity (Wildman–Crippen MR) is 172 cm³/mol. The number of nitrogens with zero attached hydrogens (tertiary/aromatic N) is 6. The van der Waals surface area contributed by atoms with E-state index in [1.807, 2.05) is 13.0 Å². The number of hydrogen-bond acceptors (Lipinski definition) is 10. The van der Waals surface area contributed by atoms with E-state index >= 15 is 0 Å². The Balaban J connectivity index is 0.00000151. The Hall–Kier alpha value is -5.66. The number of nitrogens with one attached hydrogen (secondary N) is 2. The highest BCUT2D eigenvalue weighted by atomic mass is 19.2. The number of nitriles is 1. The van der Waals surface area contributed by atoms with E-state index in [1.54, 1.807) is 45.5 Å². The Labute approximate surface area is 279 Å². The molecule has 2 saturated heterocycles. The summed E-state index contributed by atoms with van der Waals surface area (Å²) in [6.07, 6.45) is 4.85. The SMILES string of the molecule is Cc1cc(Nc2nccn3c(-c4ccc(OCC#N)c(F)c4F)cnc23)ccc1C(=O)N1CCN(C(=O)[C@@H]2C[C@](C)(O)CN2)CC1.O=CO. The number of amides is 2. The Kier molecular flexibility index (Phi) is 10.3. The van der Waals surface area contributed by atoms with Crippen molar-refractivity contribution in [3.8, 4) is 23.1 Å². The first-order valence-electron chi connectivity index (χ1n) is 15.3. The molecule has 256 valence electrons. The zero-order valence-corrected chi connectivity index (χ0v) is 26.7. The number of aromatic nitrogens is 3. The van der Waals surface area contributed by atoms with Gasteiger partial charge in [-0.15, -0.1) is 0 Å². The highest BCUT2D eigenvalue weighted by Crippen LogP contribution is 2.32. The van der Waals surface area contributed by atoms with Crippen LogP contribution in [0.2, 0.25) is 0 Å². The van der Waals surface area contributed by atoms with Gasteiger partial charge in [0.05, 0.1) is 23.5 Å². The predicted octanol–water partition coefficient (Wildman–Crippen LogP) is 2.73. The second kappa shape index (κ2) is 14.6. The molecule has 2 fully saturated rings. The molecule has 4 heterocycles. The minimum Gasteiger partial charge on any atom is -0.483 e. The van der Waals surface area contributed by atoms with Crippen molar-refractivity contribution in [2.24, 2.45) is 0 Å². The number of fused-ring (bicyclic) bond motifs is 1. The number of hydrogen-bond donors (Lipinski definition) is 4. The maximum absolute atomic E-state index is 15.0. The van der Waals surface area contributed by atoms with Gasteiger partial charge in [0.25, 0.3) is 12.4 Å². The Morgan fingerprint density at radius 3 is 2.53 bits per heavy atom. The zero-order chi connectivity index (χ0) is 35.3. The van der Waals surface area contributed by atoms with Gasteiger partial charge in [0.2, 0.25) is 11.7 Å². The van der Waals surface area contributed by atoms with Crippen LogP contribution in [0.5, 0.6) is 5.75 Å². The van der Waals surface area contributed by atoms with E-state index in [0.29, 0.717) is 61.9 Å². The minimum atomic E-state index is -1.20. The summed E-state index contributed by atoms with van der Waals surface area (Å²) in [7, 11) is 0. The van der Waals surface area contributed by atoms with E-state index in [9.17, 15) is 23.5 Å². The number of carbonyl (C=O) groups is 3. The molecule has 0 unspecified atom stereocenters. The fourth-order valence-corrected chi connectivity index (χ4v) is 5.90. The molecule has 0 saturated carbocycles. The molecular weight excluding hydrogens is 642 g/mol. The van der Waals surface area contributed by atoms with Gasteiger partial charge in [-0.1, -0.05) is 0 Å². The van der Waals surface area contributed by atoms with Crippen molar-refractivity contribution in [3.05, 3.63) is 71.7 Å². The number of benzene rings is 2. The van der Waals surface area contributed by atoms with Gasteiger partial charge in [0, 0.05) is 68.4 Å². The summed E-state index contributed by atoms with van der Waals surface area (Å²) >= 11 is 0. The smallest absolute Gasteiger partial charge is 0.290 e. The third kappa shape index (κ3) is 7.42. The first-order chi connectivity index (χ1) is 23.5. The number of rotatable bonds is 7. The van der Waals surface area contributed by atoms with Gasteiger partial charge in [0.1, 0.15) is 6.07 Å². The number of carboxylic acid groups (broad SMARTS) is 1. The van der Waals surface area contributed by atoms with Gasteiger partial charge in [-0.2, -0.15) is 9.65 Å². The molecule has 2 aliphatic heterocycles. The molecule has 16 heteroatoms. The summed E-state index contributed by atoms with van der Waals surface area (Å²) in [5.74, 6) is -2.51. The molecule has 2 amide bonds. The summed E-state index contributed by atoms with van der Waals surface area (Å²) in [5, 5.41) is 32.0. The van der Waals surface area contributed by atoms with Crippen LogP contribution in [0.3, 0.4) is 0 Å². The zero-order valence-electron chi connectivity index (χ0n) is 26.7. The lowest BCUT2D eigenvalue weighted by atomic mass is 10.0. The number of carbonyl (C=O) groups excluding carboxylic acids is 2. The van der Waals surface area contributed by atoms with Gasteiger partial charge in [0.15, 0.2) is 29.6 Å². The summed E-state index contributed by atoms with van der Waals surface area (Å²) in [6, 6.07) is 9.22. The molecule has 4 aromatic rings. The van der Waals surface area contributed by atoms with Crippen molar-refractivity contribution in [1.82, 2.24) is 29.5 Å². The topological polar surface area (TPSA) is 185 Å². The summed E-state index contributed by atoms with van der Waals surface area (Å²) < 4.78 is 36.1. The number of ether oxygens (including phenoxy) is 1. The molecule has 0 spiro atoms. The van der Waals surface area contributed by atoms with Crippen LogP contribution in [0.15, 0.2) is 48.9 Å². The van der Waals surface area contributed by atoms with E-state index in [-0.39, 0.29) is 35.3 Å². The van der Waals surface area contributed by atoms with E-state index in [0.717, 1.165) is 5.56 Å². The molecule has 2 aromatic heterocycles. The highest BCUT2D eigenvalue weighted by Gasteiger charge is 2.39. The fourth-order valence-electron chi connectivity index (χ4n) is 5.90. The highest BCUT2D eigenvalue weighted by molar-refractivity contribution is 5.96. The molecule has 2 atom stereocenters. The molecular formula is C33H34F2N8O6. The third-order valence-electron chi connectivity index (χ3n) is 8.31. The lowest BCUT2D eigenvalue weighted by Gasteiger charge is -2.36. The quantitative estimate of drug-likeness (QED) is 0.211.